The summed E-state index contributed by atoms with van der Waals surface area (Å²) in [7, 11) is 0. The van der Waals surface area contributed by atoms with E-state index >= 15 is 0 Å². The number of benzene rings is 2. The molecule has 1 spiro atoms. The molecule has 246 valence electrons. The summed E-state index contributed by atoms with van der Waals surface area (Å²) in [6, 6.07) is 17.5. The number of hydrogen-bond acceptors (Lipinski definition) is 11. The van der Waals surface area contributed by atoms with Crippen molar-refractivity contribution in [2.24, 2.45) is 11.3 Å². The molecule has 0 amide bonds. The number of rotatable bonds is 9. The molecule has 2 bridgehead atoms. The molecule has 1 unspecified atom stereocenters. The third kappa shape index (κ3) is 5.72. The van der Waals surface area contributed by atoms with Gasteiger partial charge < -0.3 is 33.9 Å². The third-order valence-corrected chi connectivity index (χ3v) is 9.77. The Bertz CT molecular complexity index is 1490. The molecule has 3 aliphatic rings. The van der Waals surface area contributed by atoms with E-state index in [4.69, 9.17) is 23.7 Å². The van der Waals surface area contributed by atoms with E-state index in [1.54, 1.807) is 43.3 Å². The second-order valence-corrected chi connectivity index (χ2v) is 12.8. The van der Waals surface area contributed by atoms with E-state index in [0.29, 0.717) is 5.56 Å². The van der Waals surface area contributed by atoms with Crippen LogP contribution in [0.25, 0.3) is 6.08 Å². The first-order valence-corrected chi connectivity index (χ1v) is 15.3. The quantitative estimate of drug-likeness (QED) is 0.236. The minimum Gasteiger partial charge on any atom is -0.465 e. The summed E-state index contributed by atoms with van der Waals surface area (Å²) in [6.07, 6.45) is -0.851. The molecule has 11 nitrogen and oxygen atoms in total. The van der Waals surface area contributed by atoms with Crippen LogP contribution in [0.15, 0.2) is 66.7 Å². The first-order valence-electron chi connectivity index (χ1n) is 15.3. The van der Waals surface area contributed by atoms with E-state index in [0.717, 1.165) is 5.56 Å². The van der Waals surface area contributed by atoms with E-state index in [-0.39, 0.29) is 25.9 Å². The summed E-state index contributed by atoms with van der Waals surface area (Å²) in [6.45, 7) is 4.71. The highest BCUT2D eigenvalue weighted by atomic mass is 16.6. The van der Waals surface area contributed by atoms with Gasteiger partial charge in [-0.1, -0.05) is 48.5 Å². The predicted molar refractivity (Wildman–Crippen MR) is 163 cm³/mol. The van der Waals surface area contributed by atoms with Gasteiger partial charge >= 0.3 is 23.9 Å². The third-order valence-electron chi connectivity index (χ3n) is 9.77. The first-order chi connectivity index (χ1) is 21.8. The van der Waals surface area contributed by atoms with Crippen molar-refractivity contribution in [3.05, 3.63) is 77.9 Å². The molecule has 2 N–H and O–H groups in total. The van der Waals surface area contributed by atoms with Crippen molar-refractivity contribution in [1.29, 1.82) is 0 Å². The summed E-state index contributed by atoms with van der Waals surface area (Å²) in [5.74, 6) is -3.54. The molecule has 46 heavy (non-hydrogen) atoms. The van der Waals surface area contributed by atoms with Crippen molar-refractivity contribution < 1.29 is 53.1 Å². The lowest BCUT2D eigenvalue weighted by Gasteiger charge is -2.64. The van der Waals surface area contributed by atoms with Crippen LogP contribution in [0.1, 0.15) is 62.9 Å². The van der Waals surface area contributed by atoms with Crippen molar-refractivity contribution in [3.8, 4) is 0 Å². The maximum Gasteiger partial charge on any atom is 0.338 e. The molecule has 2 saturated carbocycles. The van der Waals surface area contributed by atoms with Crippen LogP contribution in [0.5, 0.6) is 0 Å². The molecular weight excluding hydrogens is 596 g/mol. The molecule has 2 aliphatic carbocycles. The second-order valence-electron chi connectivity index (χ2n) is 12.8. The molecule has 2 aromatic carbocycles. The Labute approximate surface area is 267 Å². The van der Waals surface area contributed by atoms with Crippen molar-refractivity contribution >= 4 is 30.0 Å². The van der Waals surface area contributed by atoms with E-state index < -0.39 is 76.9 Å². The number of carbonyl (C=O) groups is 4. The van der Waals surface area contributed by atoms with E-state index in [1.165, 1.54) is 26.8 Å². The van der Waals surface area contributed by atoms with Gasteiger partial charge in [0.2, 0.25) is 0 Å². The minimum absolute atomic E-state index is 0.0189. The smallest absolute Gasteiger partial charge is 0.338 e. The Balaban J connectivity index is 1.60. The lowest BCUT2D eigenvalue weighted by molar-refractivity contribution is -0.342. The molecular formula is C35H40O11. The van der Waals surface area contributed by atoms with Crippen LogP contribution in [0.2, 0.25) is 0 Å². The molecule has 11 heteroatoms. The van der Waals surface area contributed by atoms with Gasteiger partial charge in [0.05, 0.1) is 17.3 Å². The molecule has 1 saturated heterocycles. The maximum atomic E-state index is 13.4. The van der Waals surface area contributed by atoms with Crippen LogP contribution in [-0.4, -0.2) is 82.4 Å². The SMILES string of the molecule is CC(=O)OC[C@@]12[C@@H](OC(C)=O)CC[C@](C)(O)[C@]13OC(C)(COC(=O)c1ccccc1)[C@H](C[C@@H]2OC(=O)/C=C/c1ccccc1)[C@H]3O. The molecule has 1 heterocycles. The highest BCUT2D eigenvalue weighted by Gasteiger charge is 2.84. The molecule has 5 rings (SSSR count). The average molecular weight is 637 g/mol. The van der Waals surface area contributed by atoms with Crippen molar-refractivity contribution in [1.82, 2.24) is 0 Å². The summed E-state index contributed by atoms with van der Waals surface area (Å²) >= 11 is 0. The second kappa shape index (κ2) is 12.6. The summed E-state index contributed by atoms with van der Waals surface area (Å²) < 4.78 is 30.0. The van der Waals surface area contributed by atoms with Gasteiger partial charge in [-0.2, -0.15) is 0 Å². The predicted octanol–water partition coefficient (Wildman–Crippen LogP) is 3.40. The summed E-state index contributed by atoms with van der Waals surface area (Å²) in [4.78, 5) is 51.1. The fourth-order valence-corrected chi connectivity index (χ4v) is 7.72. The Morgan fingerprint density at radius 3 is 2.17 bits per heavy atom. The van der Waals surface area contributed by atoms with E-state index in [2.05, 4.69) is 0 Å². The number of esters is 4. The standard InChI is InChI=1S/C35H40O11/c1-22(36)42-21-34-27(44-23(2)37)17-18-33(4,41)35(34)30(39)26(19-28(34)45-29(38)16-15-24-11-7-5-8-12-24)32(3,46-35)20-43-31(40)25-13-9-6-10-14-25/h5-16,26-28,30,39,41H,17-21H2,1-4H3/b16-15+/t26-,27+,28+,30-,32?,33+,34+,35+/m1/s1. The molecule has 8 atom stereocenters. The zero-order chi connectivity index (χ0) is 33.3. The Kier molecular flexibility index (Phi) is 9.14. The lowest BCUT2D eigenvalue weighted by atomic mass is 9.47. The van der Waals surface area contributed by atoms with Gasteiger partial charge in [0.1, 0.15) is 42.0 Å². The summed E-state index contributed by atoms with van der Waals surface area (Å²) in [5, 5.41) is 24.3. The fourth-order valence-electron chi connectivity index (χ4n) is 7.72. The summed E-state index contributed by atoms with van der Waals surface area (Å²) in [5.41, 5.74) is -5.92. The molecule has 0 aromatic heterocycles. The van der Waals surface area contributed by atoms with Crippen LogP contribution < -0.4 is 0 Å². The van der Waals surface area contributed by atoms with Gasteiger partial charge in [-0.15, -0.1) is 0 Å². The normalized spacial score (nSPS) is 34.7. The Morgan fingerprint density at radius 1 is 0.891 bits per heavy atom. The van der Waals surface area contributed by atoms with Crippen LogP contribution >= 0.6 is 0 Å². The number of ether oxygens (including phenoxy) is 5. The number of hydrogen-bond donors (Lipinski definition) is 2. The molecule has 2 aromatic rings. The maximum absolute atomic E-state index is 13.4. The van der Waals surface area contributed by atoms with Crippen molar-refractivity contribution in [2.45, 2.75) is 82.1 Å². The first kappa shape index (κ1) is 33.3. The van der Waals surface area contributed by atoms with E-state index in [9.17, 15) is 29.4 Å². The number of fused-ring (bicyclic) bond motifs is 1. The molecule has 3 fully saturated rings. The van der Waals surface area contributed by atoms with Crippen LogP contribution in [0, 0.1) is 11.3 Å². The van der Waals surface area contributed by atoms with Crippen LogP contribution in [-0.2, 0) is 38.1 Å². The Hall–Kier alpha value is -4.06. The lowest BCUT2D eigenvalue weighted by Crippen LogP contribution is -2.80. The van der Waals surface area contributed by atoms with Gasteiger partial charge in [-0.25, -0.2) is 9.59 Å². The number of aliphatic hydroxyl groups excluding tert-OH is 1. The largest absolute Gasteiger partial charge is 0.465 e. The van der Waals surface area contributed by atoms with Gasteiger partial charge in [0, 0.05) is 25.8 Å². The van der Waals surface area contributed by atoms with Gasteiger partial charge in [0.25, 0.3) is 0 Å². The fraction of sp³-hybridized carbons (Fsp3) is 0.486. The Morgan fingerprint density at radius 2 is 1.54 bits per heavy atom. The van der Waals surface area contributed by atoms with Gasteiger partial charge in [-0.3, -0.25) is 9.59 Å². The number of carbonyl (C=O) groups excluding carboxylic acids is 4. The highest BCUT2D eigenvalue weighted by Crippen LogP contribution is 2.68. The highest BCUT2D eigenvalue weighted by molar-refractivity contribution is 5.89. The molecule has 0 radical (unpaired) electrons. The molecule has 1 aliphatic heterocycles. The van der Waals surface area contributed by atoms with Crippen molar-refractivity contribution in [2.75, 3.05) is 13.2 Å². The van der Waals surface area contributed by atoms with Crippen LogP contribution in [0.4, 0.5) is 0 Å². The monoisotopic (exact) mass is 636 g/mol. The van der Waals surface area contributed by atoms with Crippen LogP contribution in [0.3, 0.4) is 0 Å². The topological polar surface area (TPSA) is 155 Å². The minimum atomic E-state index is -2.00. The number of aliphatic hydroxyl groups is 2. The van der Waals surface area contributed by atoms with Gasteiger partial charge in [0.15, 0.2) is 0 Å². The van der Waals surface area contributed by atoms with E-state index in [1.807, 2.05) is 30.3 Å². The average Bonchev–Trinajstić information content (AvgIpc) is 3.18. The van der Waals surface area contributed by atoms with Crippen molar-refractivity contribution in [3.63, 3.8) is 0 Å². The zero-order valence-electron chi connectivity index (χ0n) is 26.3. The zero-order valence-corrected chi connectivity index (χ0v) is 26.3. The van der Waals surface area contributed by atoms with Gasteiger partial charge in [-0.05, 0) is 56.9 Å².